The van der Waals surface area contributed by atoms with Crippen LogP contribution in [0.3, 0.4) is 0 Å². The van der Waals surface area contributed by atoms with Crippen LogP contribution in [0.15, 0.2) is 6.20 Å². The number of likely N-dealkylation sites (N-methyl/N-ethyl adjacent to an activating group) is 1. The van der Waals surface area contributed by atoms with E-state index in [4.69, 9.17) is 0 Å². The Bertz CT molecular complexity index is 342. The summed E-state index contributed by atoms with van der Waals surface area (Å²) in [6.45, 7) is 3.55. The lowest BCUT2D eigenvalue weighted by molar-refractivity contribution is 0.213. The Kier molecular flexibility index (Phi) is 3.68. The van der Waals surface area contributed by atoms with Crippen molar-refractivity contribution in [1.82, 2.24) is 19.4 Å². The molecule has 0 atom stereocenters. The van der Waals surface area contributed by atoms with Crippen LogP contribution in [-0.4, -0.2) is 58.6 Å². The van der Waals surface area contributed by atoms with Crippen molar-refractivity contribution in [3.8, 4) is 0 Å². The molecule has 6 nitrogen and oxygen atoms in total. The summed E-state index contributed by atoms with van der Waals surface area (Å²) >= 11 is 1.19. The van der Waals surface area contributed by atoms with Crippen molar-refractivity contribution in [2.45, 2.75) is 6.42 Å². The number of aromatic nitrogens is 2. The van der Waals surface area contributed by atoms with Gasteiger partial charge in [-0.15, -0.1) is 5.10 Å². The Morgan fingerprint density at radius 3 is 3.06 bits per heavy atom. The Morgan fingerprint density at radius 1 is 1.44 bits per heavy atom. The SMILES string of the molecule is CN1CCCN(C(=O)Nc2cnns2)CC1. The molecule has 0 radical (unpaired) electrons. The minimum atomic E-state index is -0.0543. The first-order valence-corrected chi connectivity index (χ1v) is 6.05. The van der Waals surface area contributed by atoms with Crippen LogP contribution < -0.4 is 5.32 Å². The minimum absolute atomic E-state index is 0.0543. The fourth-order valence-electron chi connectivity index (χ4n) is 1.66. The van der Waals surface area contributed by atoms with Crippen LogP contribution in [0.4, 0.5) is 9.80 Å². The smallest absolute Gasteiger partial charge is 0.322 e. The predicted molar refractivity (Wildman–Crippen MR) is 62.6 cm³/mol. The molecule has 2 amide bonds. The molecule has 0 spiro atoms. The third-order valence-corrected chi connectivity index (χ3v) is 3.18. The van der Waals surface area contributed by atoms with Crippen molar-refractivity contribution in [3.05, 3.63) is 6.20 Å². The molecule has 0 bridgehead atoms. The second-order valence-electron chi connectivity index (χ2n) is 3.86. The fourth-order valence-corrected chi connectivity index (χ4v) is 2.07. The van der Waals surface area contributed by atoms with E-state index >= 15 is 0 Å². The average molecular weight is 241 g/mol. The highest BCUT2D eigenvalue weighted by Crippen LogP contribution is 2.11. The van der Waals surface area contributed by atoms with Gasteiger partial charge in [-0.3, -0.25) is 5.32 Å². The molecule has 16 heavy (non-hydrogen) atoms. The summed E-state index contributed by atoms with van der Waals surface area (Å²) in [4.78, 5) is 15.9. The number of rotatable bonds is 1. The summed E-state index contributed by atoms with van der Waals surface area (Å²) in [5.74, 6) is 0. The number of nitrogens with zero attached hydrogens (tertiary/aromatic N) is 4. The van der Waals surface area contributed by atoms with E-state index in [1.54, 1.807) is 6.20 Å². The van der Waals surface area contributed by atoms with Crippen LogP contribution in [0.1, 0.15) is 6.42 Å². The maximum absolute atomic E-state index is 11.9. The third kappa shape index (κ3) is 2.89. The van der Waals surface area contributed by atoms with E-state index in [1.165, 1.54) is 11.5 Å². The highest BCUT2D eigenvalue weighted by molar-refractivity contribution is 7.10. The summed E-state index contributed by atoms with van der Waals surface area (Å²) in [6.07, 6.45) is 2.58. The number of anilines is 1. The molecule has 1 saturated heterocycles. The van der Waals surface area contributed by atoms with E-state index < -0.39 is 0 Å². The molecular formula is C9H15N5OS. The van der Waals surface area contributed by atoms with Gasteiger partial charge in [0, 0.05) is 31.2 Å². The topological polar surface area (TPSA) is 61.4 Å². The summed E-state index contributed by atoms with van der Waals surface area (Å²) in [5, 5.41) is 7.17. The molecule has 1 aliphatic rings. The maximum atomic E-state index is 11.9. The largest absolute Gasteiger partial charge is 0.323 e. The summed E-state index contributed by atoms with van der Waals surface area (Å²) in [6, 6.07) is -0.0543. The van der Waals surface area contributed by atoms with Crippen LogP contribution >= 0.6 is 11.5 Å². The number of hydrogen-bond donors (Lipinski definition) is 1. The molecule has 0 aromatic carbocycles. The zero-order valence-corrected chi connectivity index (χ0v) is 10.0. The van der Waals surface area contributed by atoms with E-state index in [-0.39, 0.29) is 6.03 Å². The second-order valence-corrected chi connectivity index (χ2v) is 4.64. The first-order chi connectivity index (χ1) is 7.75. The normalized spacial score (nSPS) is 18.2. The van der Waals surface area contributed by atoms with E-state index in [9.17, 15) is 4.79 Å². The molecule has 0 saturated carbocycles. The zero-order chi connectivity index (χ0) is 11.4. The van der Waals surface area contributed by atoms with Crippen molar-refractivity contribution in [3.63, 3.8) is 0 Å². The zero-order valence-electron chi connectivity index (χ0n) is 9.22. The third-order valence-electron chi connectivity index (χ3n) is 2.60. The molecule has 1 aromatic heterocycles. The molecule has 0 aliphatic carbocycles. The predicted octanol–water partition coefficient (Wildman–Crippen LogP) is 0.707. The number of urea groups is 1. The van der Waals surface area contributed by atoms with Crippen LogP contribution in [0.25, 0.3) is 0 Å². The van der Waals surface area contributed by atoms with Gasteiger partial charge in [0.25, 0.3) is 0 Å². The summed E-state index contributed by atoms with van der Waals surface area (Å²) < 4.78 is 3.70. The van der Waals surface area contributed by atoms with E-state index in [2.05, 4.69) is 26.9 Å². The van der Waals surface area contributed by atoms with E-state index in [1.807, 2.05) is 4.90 Å². The Labute approximate surface area is 98.4 Å². The van der Waals surface area contributed by atoms with Crippen molar-refractivity contribution in [2.24, 2.45) is 0 Å². The molecule has 2 rings (SSSR count). The van der Waals surface area contributed by atoms with Crippen LogP contribution in [0, 0.1) is 0 Å². The molecule has 0 unspecified atom stereocenters. The van der Waals surface area contributed by atoms with E-state index in [0.717, 1.165) is 32.6 Å². The molecule has 1 fully saturated rings. The highest BCUT2D eigenvalue weighted by atomic mass is 32.1. The monoisotopic (exact) mass is 241 g/mol. The quantitative estimate of drug-likeness (QED) is 0.786. The van der Waals surface area contributed by atoms with Crippen LogP contribution in [-0.2, 0) is 0 Å². The Morgan fingerprint density at radius 2 is 2.31 bits per heavy atom. The molecule has 1 aromatic rings. The maximum Gasteiger partial charge on any atom is 0.322 e. The van der Waals surface area contributed by atoms with Gasteiger partial charge in [0.1, 0.15) is 5.00 Å². The van der Waals surface area contributed by atoms with Gasteiger partial charge in [-0.2, -0.15) is 0 Å². The molecule has 2 heterocycles. The molecule has 7 heteroatoms. The van der Waals surface area contributed by atoms with Gasteiger partial charge in [-0.25, -0.2) is 4.79 Å². The van der Waals surface area contributed by atoms with Crippen molar-refractivity contribution >= 4 is 22.6 Å². The number of hydrogen-bond acceptors (Lipinski definition) is 5. The van der Waals surface area contributed by atoms with Crippen molar-refractivity contribution in [2.75, 3.05) is 38.5 Å². The fraction of sp³-hybridized carbons (Fsp3) is 0.667. The molecule has 1 aliphatic heterocycles. The Balaban J connectivity index is 1.89. The summed E-state index contributed by atoms with van der Waals surface area (Å²) in [5.41, 5.74) is 0. The number of carbonyl (C=O) groups excluding carboxylic acids is 1. The highest BCUT2D eigenvalue weighted by Gasteiger charge is 2.17. The van der Waals surface area contributed by atoms with Gasteiger partial charge in [-0.1, -0.05) is 4.49 Å². The minimum Gasteiger partial charge on any atom is -0.323 e. The van der Waals surface area contributed by atoms with Gasteiger partial charge in [0.05, 0.1) is 6.20 Å². The molecule has 88 valence electrons. The Hall–Kier alpha value is -1.21. The molecule has 1 N–H and O–H groups in total. The van der Waals surface area contributed by atoms with Gasteiger partial charge < -0.3 is 9.80 Å². The van der Waals surface area contributed by atoms with Crippen molar-refractivity contribution in [1.29, 1.82) is 0 Å². The first kappa shape index (κ1) is 11.3. The van der Waals surface area contributed by atoms with Gasteiger partial charge in [0.15, 0.2) is 0 Å². The van der Waals surface area contributed by atoms with Crippen LogP contribution in [0.2, 0.25) is 0 Å². The lowest BCUT2D eigenvalue weighted by Crippen LogP contribution is -2.37. The first-order valence-electron chi connectivity index (χ1n) is 5.27. The summed E-state index contributed by atoms with van der Waals surface area (Å²) in [7, 11) is 2.08. The lowest BCUT2D eigenvalue weighted by atomic mass is 10.4. The van der Waals surface area contributed by atoms with E-state index in [0.29, 0.717) is 5.00 Å². The standard InChI is InChI=1S/C9H15N5OS/c1-13-3-2-4-14(6-5-13)9(15)11-8-7-10-12-16-8/h7H,2-6H2,1H3,(H,11,15). The van der Waals surface area contributed by atoms with Gasteiger partial charge in [-0.05, 0) is 20.0 Å². The number of carbonyl (C=O) groups is 1. The van der Waals surface area contributed by atoms with Gasteiger partial charge >= 0.3 is 6.03 Å². The average Bonchev–Trinajstić information content (AvgIpc) is 2.66. The second kappa shape index (κ2) is 5.22. The van der Waals surface area contributed by atoms with Crippen LogP contribution in [0.5, 0.6) is 0 Å². The van der Waals surface area contributed by atoms with Crippen molar-refractivity contribution < 1.29 is 4.79 Å². The number of amides is 2. The number of nitrogens with one attached hydrogen (secondary N) is 1. The molecular weight excluding hydrogens is 226 g/mol. The van der Waals surface area contributed by atoms with Gasteiger partial charge in [0.2, 0.25) is 0 Å². The lowest BCUT2D eigenvalue weighted by Gasteiger charge is -2.20.